The number of carbonyl (C=O) groups is 1. The number of rotatable bonds is 7. The summed E-state index contributed by atoms with van der Waals surface area (Å²) >= 11 is 0. The Labute approximate surface area is 149 Å². The van der Waals surface area contributed by atoms with Gasteiger partial charge in [0.25, 0.3) is 0 Å². The second kappa shape index (κ2) is 9.23. The second-order valence-electron chi connectivity index (χ2n) is 6.48. The van der Waals surface area contributed by atoms with Crippen LogP contribution in [0.3, 0.4) is 0 Å². The van der Waals surface area contributed by atoms with Gasteiger partial charge in [-0.15, -0.1) is 0 Å². The standard InChI is InChI=1S/C21H26O4/c1-15(2)14-23-13-12-18-9-7-11-20(17(18)4)25-21(22)24-19-10-6-5-8-16(19)3/h5-11,15H,12-14H2,1-4H3. The molecule has 0 heterocycles. The SMILES string of the molecule is Cc1ccccc1OC(=O)Oc1cccc(CCOCC(C)C)c1C. The monoisotopic (exact) mass is 342 g/mol. The molecule has 0 radical (unpaired) electrons. The van der Waals surface area contributed by atoms with E-state index in [-0.39, 0.29) is 0 Å². The normalized spacial score (nSPS) is 10.8. The van der Waals surface area contributed by atoms with Crippen LogP contribution < -0.4 is 9.47 Å². The van der Waals surface area contributed by atoms with Crippen LogP contribution in [0.15, 0.2) is 42.5 Å². The fourth-order valence-corrected chi connectivity index (χ4v) is 2.41. The summed E-state index contributed by atoms with van der Waals surface area (Å²) in [5.74, 6) is 1.54. The quantitative estimate of drug-likeness (QED) is 0.399. The largest absolute Gasteiger partial charge is 0.519 e. The molecule has 0 aliphatic carbocycles. The van der Waals surface area contributed by atoms with Crippen molar-refractivity contribution in [2.75, 3.05) is 13.2 Å². The molecule has 0 saturated carbocycles. The Morgan fingerprint density at radius 3 is 2.36 bits per heavy atom. The smallest absolute Gasteiger partial charge is 0.394 e. The maximum Gasteiger partial charge on any atom is 0.519 e. The van der Waals surface area contributed by atoms with Crippen LogP contribution >= 0.6 is 0 Å². The van der Waals surface area contributed by atoms with Gasteiger partial charge in [0.05, 0.1) is 6.61 Å². The first-order valence-electron chi connectivity index (χ1n) is 8.59. The topological polar surface area (TPSA) is 44.8 Å². The van der Waals surface area contributed by atoms with Gasteiger partial charge in [0, 0.05) is 6.61 Å². The van der Waals surface area contributed by atoms with Crippen LogP contribution in [0.2, 0.25) is 0 Å². The van der Waals surface area contributed by atoms with E-state index >= 15 is 0 Å². The van der Waals surface area contributed by atoms with E-state index in [4.69, 9.17) is 14.2 Å². The molecule has 0 aliphatic heterocycles. The molecule has 2 rings (SSSR count). The van der Waals surface area contributed by atoms with Crippen molar-refractivity contribution in [1.29, 1.82) is 0 Å². The molecule has 0 spiro atoms. The molecule has 2 aromatic carbocycles. The lowest BCUT2D eigenvalue weighted by Crippen LogP contribution is -2.15. The van der Waals surface area contributed by atoms with Gasteiger partial charge in [-0.2, -0.15) is 0 Å². The number of hydrogen-bond donors (Lipinski definition) is 0. The van der Waals surface area contributed by atoms with Crippen LogP contribution in [0.5, 0.6) is 11.5 Å². The van der Waals surface area contributed by atoms with E-state index in [0.717, 1.165) is 29.7 Å². The molecule has 0 aromatic heterocycles. The van der Waals surface area contributed by atoms with Gasteiger partial charge >= 0.3 is 6.16 Å². The highest BCUT2D eigenvalue weighted by atomic mass is 16.7. The van der Waals surface area contributed by atoms with Crippen LogP contribution in [0.25, 0.3) is 0 Å². The molecule has 0 amide bonds. The zero-order valence-corrected chi connectivity index (χ0v) is 15.4. The molecule has 134 valence electrons. The van der Waals surface area contributed by atoms with Crippen LogP contribution in [-0.4, -0.2) is 19.4 Å². The van der Waals surface area contributed by atoms with E-state index in [1.54, 1.807) is 12.1 Å². The Balaban J connectivity index is 1.96. The van der Waals surface area contributed by atoms with Gasteiger partial charge in [0.2, 0.25) is 0 Å². The van der Waals surface area contributed by atoms with Gasteiger partial charge in [0.15, 0.2) is 0 Å². The average Bonchev–Trinajstić information content (AvgIpc) is 2.56. The Hall–Kier alpha value is -2.33. The summed E-state index contributed by atoms with van der Waals surface area (Å²) in [6.45, 7) is 9.47. The van der Waals surface area contributed by atoms with E-state index in [1.807, 2.05) is 44.2 Å². The molecule has 0 fully saturated rings. The number of para-hydroxylation sites is 1. The van der Waals surface area contributed by atoms with Crippen molar-refractivity contribution in [3.8, 4) is 11.5 Å². The molecule has 4 heteroatoms. The van der Waals surface area contributed by atoms with Crippen molar-refractivity contribution >= 4 is 6.16 Å². The number of carbonyl (C=O) groups excluding carboxylic acids is 1. The lowest BCUT2D eigenvalue weighted by Gasteiger charge is -2.13. The average molecular weight is 342 g/mol. The van der Waals surface area contributed by atoms with Crippen LogP contribution in [0.1, 0.15) is 30.5 Å². The Kier molecular flexibility index (Phi) is 7.02. The van der Waals surface area contributed by atoms with Crippen molar-refractivity contribution < 1.29 is 19.0 Å². The minimum Gasteiger partial charge on any atom is -0.394 e. The van der Waals surface area contributed by atoms with Gasteiger partial charge in [-0.25, -0.2) is 4.79 Å². The third kappa shape index (κ3) is 5.91. The minimum absolute atomic E-state index is 0.503. The molecule has 2 aromatic rings. The molecular formula is C21H26O4. The summed E-state index contributed by atoms with van der Waals surface area (Å²) in [6, 6.07) is 13.0. The molecule has 0 atom stereocenters. The number of aryl methyl sites for hydroxylation is 1. The first kappa shape index (κ1) is 19.0. The van der Waals surface area contributed by atoms with E-state index in [1.165, 1.54) is 0 Å². The fourth-order valence-electron chi connectivity index (χ4n) is 2.41. The van der Waals surface area contributed by atoms with Crippen molar-refractivity contribution in [1.82, 2.24) is 0 Å². The molecule has 0 unspecified atom stereocenters. The first-order valence-corrected chi connectivity index (χ1v) is 8.59. The zero-order chi connectivity index (χ0) is 18.2. The van der Waals surface area contributed by atoms with E-state index < -0.39 is 6.16 Å². The van der Waals surface area contributed by atoms with Crippen LogP contribution in [-0.2, 0) is 11.2 Å². The van der Waals surface area contributed by atoms with Gasteiger partial charge in [0.1, 0.15) is 11.5 Å². The maximum absolute atomic E-state index is 12.1. The minimum atomic E-state index is -0.731. The molecule has 0 aliphatic rings. The Morgan fingerprint density at radius 2 is 1.64 bits per heavy atom. The predicted molar refractivity (Wildman–Crippen MR) is 98.4 cm³/mol. The van der Waals surface area contributed by atoms with Gasteiger partial charge < -0.3 is 14.2 Å². The first-order chi connectivity index (χ1) is 12.0. The highest BCUT2D eigenvalue weighted by Gasteiger charge is 2.13. The number of benzene rings is 2. The number of ether oxygens (including phenoxy) is 3. The lowest BCUT2D eigenvalue weighted by molar-refractivity contribution is 0.112. The van der Waals surface area contributed by atoms with Crippen molar-refractivity contribution in [3.05, 3.63) is 59.2 Å². The summed E-state index contributed by atoms with van der Waals surface area (Å²) in [5.41, 5.74) is 2.91. The second-order valence-corrected chi connectivity index (χ2v) is 6.48. The van der Waals surface area contributed by atoms with Crippen LogP contribution in [0.4, 0.5) is 4.79 Å². The van der Waals surface area contributed by atoms with Gasteiger partial charge in [-0.3, -0.25) is 0 Å². The van der Waals surface area contributed by atoms with E-state index in [9.17, 15) is 4.79 Å². The van der Waals surface area contributed by atoms with Crippen molar-refractivity contribution in [2.45, 2.75) is 34.1 Å². The van der Waals surface area contributed by atoms with Gasteiger partial charge in [-0.05, 0) is 55.0 Å². The summed E-state index contributed by atoms with van der Waals surface area (Å²) in [6.07, 6.45) is 0.0494. The molecule has 4 nitrogen and oxygen atoms in total. The Morgan fingerprint density at radius 1 is 0.960 bits per heavy atom. The number of hydrogen-bond acceptors (Lipinski definition) is 4. The van der Waals surface area contributed by atoms with Crippen molar-refractivity contribution in [2.24, 2.45) is 5.92 Å². The lowest BCUT2D eigenvalue weighted by atomic mass is 10.1. The molecule has 0 saturated heterocycles. The third-order valence-electron chi connectivity index (χ3n) is 3.84. The van der Waals surface area contributed by atoms with E-state index in [2.05, 4.69) is 13.8 Å². The molecular weight excluding hydrogens is 316 g/mol. The third-order valence-corrected chi connectivity index (χ3v) is 3.84. The van der Waals surface area contributed by atoms with E-state index in [0.29, 0.717) is 24.0 Å². The van der Waals surface area contributed by atoms with Crippen LogP contribution in [0, 0.1) is 19.8 Å². The summed E-state index contributed by atoms with van der Waals surface area (Å²) in [7, 11) is 0. The molecule has 0 bridgehead atoms. The maximum atomic E-state index is 12.1. The zero-order valence-electron chi connectivity index (χ0n) is 15.4. The molecule has 0 N–H and O–H groups in total. The summed E-state index contributed by atoms with van der Waals surface area (Å²) in [4.78, 5) is 12.1. The Bertz CT molecular complexity index is 707. The van der Waals surface area contributed by atoms with Crippen molar-refractivity contribution in [3.63, 3.8) is 0 Å². The highest BCUT2D eigenvalue weighted by molar-refractivity contribution is 5.68. The summed E-state index contributed by atoms with van der Waals surface area (Å²) in [5, 5.41) is 0. The fraction of sp³-hybridized carbons (Fsp3) is 0.381. The van der Waals surface area contributed by atoms with Gasteiger partial charge in [-0.1, -0.05) is 44.2 Å². The highest BCUT2D eigenvalue weighted by Crippen LogP contribution is 2.23. The molecule has 25 heavy (non-hydrogen) atoms. The predicted octanol–water partition coefficient (Wildman–Crippen LogP) is 5.10. The summed E-state index contributed by atoms with van der Waals surface area (Å²) < 4.78 is 16.3.